The van der Waals surface area contributed by atoms with Crippen molar-refractivity contribution in [2.75, 3.05) is 0 Å². The van der Waals surface area contributed by atoms with Crippen molar-refractivity contribution in [3.05, 3.63) is 76.2 Å². The summed E-state index contributed by atoms with van der Waals surface area (Å²) in [5, 5.41) is 13.2. The first-order valence-corrected chi connectivity index (χ1v) is 8.58. The van der Waals surface area contributed by atoms with E-state index in [0.717, 1.165) is 5.56 Å². The molecule has 0 aliphatic carbocycles. The smallest absolute Gasteiger partial charge is 0.280 e. The highest BCUT2D eigenvalue weighted by Gasteiger charge is 2.15. The second kappa shape index (κ2) is 6.71. The van der Waals surface area contributed by atoms with E-state index >= 15 is 0 Å². The molecule has 6 nitrogen and oxygen atoms in total. The number of pyridine rings is 1. The molecule has 0 saturated carbocycles. The summed E-state index contributed by atoms with van der Waals surface area (Å²) < 4.78 is 13.0. The average Bonchev–Trinajstić information content (AvgIpc) is 2.95. The highest BCUT2D eigenvalue weighted by molar-refractivity contribution is 7.88. The lowest BCUT2D eigenvalue weighted by Crippen LogP contribution is -2.16. The number of H-pyrrole nitrogens is 1. The minimum atomic E-state index is -1.32. The number of aryl methyl sites for hydroxylation is 1. The standard InChI is InChI=1S/C18H14N4O2S/c1-3-25(24)15-8-9-16(20-11-15)22-18(23)17(12(2)21-22)14-6-4-13(10-19)5-7-14/h3-9,11,21H,1H2,2H3/t25-/m1/s1. The highest BCUT2D eigenvalue weighted by atomic mass is 32.2. The number of benzene rings is 1. The molecule has 1 N–H and O–H groups in total. The molecule has 0 aliphatic rings. The molecule has 3 rings (SSSR count). The lowest BCUT2D eigenvalue weighted by molar-refractivity contribution is 0.688. The lowest BCUT2D eigenvalue weighted by atomic mass is 10.1. The Bertz CT molecular complexity index is 1050. The zero-order valence-corrected chi connectivity index (χ0v) is 14.2. The van der Waals surface area contributed by atoms with Gasteiger partial charge in [-0.15, -0.1) is 0 Å². The molecule has 0 bridgehead atoms. The van der Waals surface area contributed by atoms with E-state index < -0.39 is 10.8 Å². The lowest BCUT2D eigenvalue weighted by Gasteiger charge is -2.01. The molecule has 1 aromatic carbocycles. The average molecular weight is 350 g/mol. The summed E-state index contributed by atoms with van der Waals surface area (Å²) in [5.41, 5.74) is 2.22. The van der Waals surface area contributed by atoms with Gasteiger partial charge < -0.3 is 0 Å². The van der Waals surface area contributed by atoms with Crippen LogP contribution in [0.1, 0.15) is 11.3 Å². The molecule has 1 atom stereocenters. The summed E-state index contributed by atoms with van der Waals surface area (Å²) >= 11 is 0. The first kappa shape index (κ1) is 16.6. The number of aromatic amines is 1. The Morgan fingerprint density at radius 1 is 1.28 bits per heavy atom. The summed E-state index contributed by atoms with van der Waals surface area (Å²) in [6.45, 7) is 5.28. The quantitative estimate of drug-likeness (QED) is 0.783. The van der Waals surface area contributed by atoms with Gasteiger partial charge in [-0.05, 0) is 36.8 Å². The molecule has 25 heavy (non-hydrogen) atoms. The SMILES string of the molecule is C=C[S@@](=O)c1ccc(-n2[nH]c(C)c(-c3ccc(C#N)cc3)c2=O)nc1. The molecule has 124 valence electrons. The van der Waals surface area contributed by atoms with Crippen molar-refractivity contribution in [2.24, 2.45) is 0 Å². The molecule has 7 heteroatoms. The van der Waals surface area contributed by atoms with E-state index in [4.69, 9.17) is 5.26 Å². The van der Waals surface area contributed by atoms with Crippen LogP contribution in [0.2, 0.25) is 0 Å². The van der Waals surface area contributed by atoms with E-state index in [-0.39, 0.29) is 5.56 Å². The van der Waals surface area contributed by atoms with Gasteiger partial charge in [0.15, 0.2) is 5.82 Å². The van der Waals surface area contributed by atoms with Gasteiger partial charge >= 0.3 is 0 Å². The van der Waals surface area contributed by atoms with E-state index in [1.54, 1.807) is 43.3 Å². The van der Waals surface area contributed by atoms with Crippen molar-refractivity contribution < 1.29 is 4.21 Å². The van der Waals surface area contributed by atoms with Crippen LogP contribution < -0.4 is 5.56 Å². The third kappa shape index (κ3) is 3.07. The number of nitrogens with zero attached hydrogens (tertiary/aromatic N) is 3. The zero-order valence-electron chi connectivity index (χ0n) is 13.4. The van der Waals surface area contributed by atoms with E-state index in [0.29, 0.717) is 27.5 Å². The maximum atomic E-state index is 12.8. The Kier molecular flexibility index (Phi) is 4.46. The van der Waals surface area contributed by atoms with Gasteiger partial charge in [-0.3, -0.25) is 9.89 Å². The maximum absolute atomic E-state index is 12.8. The molecule has 0 spiro atoms. The van der Waals surface area contributed by atoms with Crippen LogP contribution >= 0.6 is 0 Å². The van der Waals surface area contributed by atoms with E-state index in [9.17, 15) is 9.00 Å². The Balaban J connectivity index is 2.05. The molecule has 0 fully saturated rings. The fourth-order valence-electron chi connectivity index (χ4n) is 2.48. The van der Waals surface area contributed by atoms with Crippen molar-refractivity contribution in [3.8, 4) is 23.0 Å². The largest absolute Gasteiger partial charge is 0.293 e. The van der Waals surface area contributed by atoms with E-state index in [2.05, 4.69) is 22.7 Å². The molecule has 0 saturated heterocycles. The van der Waals surface area contributed by atoms with Crippen LogP contribution in [-0.2, 0) is 10.8 Å². The first-order valence-electron chi connectivity index (χ1n) is 7.37. The Morgan fingerprint density at radius 2 is 2.00 bits per heavy atom. The molecule has 2 heterocycles. The van der Waals surface area contributed by atoms with Crippen LogP contribution in [0.5, 0.6) is 0 Å². The summed E-state index contributed by atoms with van der Waals surface area (Å²) in [6, 6.07) is 12.1. The fraction of sp³-hybridized carbons (Fsp3) is 0.0556. The monoisotopic (exact) mass is 350 g/mol. The van der Waals surface area contributed by atoms with Gasteiger partial charge in [0.25, 0.3) is 5.56 Å². The summed E-state index contributed by atoms with van der Waals surface area (Å²) in [7, 11) is -1.32. The van der Waals surface area contributed by atoms with Crippen LogP contribution in [0.4, 0.5) is 0 Å². The zero-order chi connectivity index (χ0) is 18.0. The van der Waals surface area contributed by atoms with Gasteiger partial charge in [-0.25, -0.2) is 13.9 Å². The summed E-state index contributed by atoms with van der Waals surface area (Å²) in [6.07, 6.45) is 1.46. The normalized spacial score (nSPS) is 11.7. The Labute approximate surface area is 146 Å². The molecule has 2 aromatic heterocycles. The number of nitriles is 1. The number of nitrogens with one attached hydrogen (secondary N) is 1. The predicted molar refractivity (Wildman–Crippen MR) is 95.7 cm³/mol. The molecule has 0 unspecified atom stereocenters. The van der Waals surface area contributed by atoms with Gasteiger partial charge in [0.2, 0.25) is 0 Å². The Hall–Kier alpha value is -3.24. The van der Waals surface area contributed by atoms with Gasteiger partial charge in [0.05, 0.1) is 32.9 Å². The number of aromatic nitrogens is 3. The second-order valence-corrected chi connectivity index (χ2v) is 6.66. The van der Waals surface area contributed by atoms with Crippen molar-refractivity contribution in [2.45, 2.75) is 11.8 Å². The molecular weight excluding hydrogens is 336 g/mol. The summed E-state index contributed by atoms with van der Waals surface area (Å²) in [5.74, 6) is 0.401. The van der Waals surface area contributed by atoms with Crippen molar-refractivity contribution in [1.29, 1.82) is 5.26 Å². The number of rotatable bonds is 4. The number of hydrogen-bond donors (Lipinski definition) is 1. The molecular formula is C18H14N4O2S. The number of hydrogen-bond acceptors (Lipinski definition) is 4. The van der Waals surface area contributed by atoms with Gasteiger partial charge in [0, 0.05) is 17.3 Å². The van der Waals surface area contributed by atoms with Crippen molar-refractivity contribution in [3.63, 3.8) is 0 Å². The first-order chi connectivity index (χ1) is 12.0. The van der Waals surface area contributed by atoms with Crippen LogP contribution in [-0.4, -0.2) is 19.0 Å². The van der Waals surface area contributed by atoms with Crippen LogP contribution in [0.25, 0.3) is 16.9 Å². The van der Waals surface area contributed by atoms with Crippen LogP contribution in [0, 0.1) is 18.3 Å². The third-order valence-electron chi connectivity index (χ3n) is 3.71. The third-order valence-corrected chi connectivity index (χ3v) is 4.72. The van der Waals surface area contributed by atoms with Gasteiger partial charge in [0.1, 0.15) is 0 Å². The van der Waals surface area contributed by atoms with E-state index in [1.165, 1.54) is 16.3 Å². The highest BCUT2D eigenvalue weighted by Crippen LogP contribution is 2.20. The van der Waals surface area contributed by atoms with Crippen molar-refractivity contribution >= 4 is 10.8 Å². The predicted octanol–water partition coefficient (Wildman–Crippen LogP) is 2.66. The second-order valence-electron chi connectivity index (χ2n) is 5.26. The molecule has 0 radical (unpaired) electrons. The molecule has 0 aliphatic heterocycles. The minimum Gasteiger partial charge on any atom is -0.293 e. The van der Waals surface area contributed by atoms with Gasteiger partial charge in [-0.2, -0.15) is 5.26 Å². The maximum Gasteiger partial charge on any atom is 0.280 e. The summed E-state index contributed by atoms with van der Waals surface area (Å²) in [4.78, 5) is 17.5. The minimum absolute atomic E-state index is 0.243. The van der Waals surface area contributed by atoms with Crippen LogP contribution in [0.3, 0.4) is 0 Å². The molecule has 0 amide bonds. The molecule has 3 aromatic rings. The fourth-order valence-corrected chi connectivity index (χ4v) is 3.03. The topological polar surface area (TPSA) is 91.5 Å². The van der Waals surface area contributed by atoms with Crippen molar-refractivity contribution in [1.82, 2.24) is 14.8 Å². The van der Waals surface area contributed by atoms with E-state index in [1.807, 2.05) is 0 Å². The van der Waals surface area contributed by atoms with Crippen LogP contribution in [0.15, 0.2) is 64.3 Å². The van der Waals surface area contributed by atoms with Gasteiger partial charge in [-0.1, -0.05) is 18.7 Å². The Morgan fingerprint density at radius 3 is 2.56 bits per heavy atom.